The molecule has 1 heterocycles. The lowest BCUT2D eigenvalue weighted by atomic mass is 10.1. The van der Waals surface area contributed by atoms with Gasteiger partial charge in [-0.05, 0) is 49.0 Å². The molecule has 0 aliphatic heterocycles. The normalized spacial score (nSPS) is 12.3. The Hall–Kier alpha value is -0.970. The number of ether oxygens (including phenoxy) is 1. The van der Waals surface area contributed by atoms with Crippen molar-refractivity contribution >= 4 is 23.1 Å². The Bertz CT molecular complexity index is 496. The van der Waals surface area contributed by atoms with Gasteiger partial charge in [0.2, 0.25) is 0 Å². The van der Waals surface area contributed by atoms with E-state index >= 15 is 0 Å². The van der Waals surface area contributed by atoms with Gasteiger partial charge in [-0.2, -0.15) is 0 Å². The molecule has 1 aromatic heterocycles. The number of benzene rings is 1. The lowest BCUT2D eigenvalue weighted by Gasteiger charge is -2.18. The van der Waals surface area contributed by atoms with Gasteiger partial charge < -0.3 is 10.1 Å². The molecule has 0 aliphatic rings. The van der Waals surface area contributed by atoms with E-state index in [1.807, 2.05) is 30.0 Å². The molecule has 2 nitrogen and oxygen atoms in total. The van der Waals surface area contributed by atoms with Crippen molar-refractivity contribution in [1.82, 2.24) is 5.32 Å². The van der Waals surface area contributed by atoms with Crippen LogP contribution in [0.4, 0.5) is 0 Å². The molecule has 1 atom stereocenters. The van der Waals surface area contributed by atoms with E-state index in [4.69, 9.17) is 4.74 Å². The van der Waals surface area contributed by atoms with E-state index in [0.717, 1.165) is 24.5 Å². The maximum atomic E-state index is 5.52. The summed E-state index contributed by atoms with van der Waals surface area (Å²) in [4.78, 5) is 0. The van der Waals surface area contributed by atoms with Crippen LogP contribution in [0, 0.1) is 0 Å². The first-order valence-corrected chi connectivity index (χ1v) is 9.32. The highest BCUT2D eigenvalue weighted by Gasteiger charge is 2.11. The molecular formula is C17H23NOS2. The quantitative estimate of drug-likeness (QED) is 0.658. The number of hydrogen-bond acceptors (Lipinski definition) is 4. The molecule has 1 unspecified atom stereocenters. The number of rotatable bonds is 9. The van der Waals surface area contributed by atoms with E-state index in [-0.39, 0.29) is 0 Å². The molecule has 0 fully saturated rings. The minimum Gasteiger partial charge on any atom is -0.494 e. The summed E-state index contributed by atoms with van der Waals surface area (Å²) >= 11 is 3.73. The van der Waals surface area contributed by atoms with Crippen LogP contribution in [0.15, 0.2) is 46.0 Å². The van der Waals surface area contributed by atoms with Crippen molar-refractivity contribution in [3.63, 3.8) is 0 Å². The highest BCUT2D eigenvalue weighted by atomic mass is 32.2. The Morgan fingerprint density at radius 3 is 2.62 bits per heavy atom. The Balaban J connectivity index is 1.99. The molecular weight excluding hydrogens is 298 g/mol. The third kappa shape index (κ3) is 5.38. The van der Waals surface area contributed by atoms with Crippen LogP contribution >= 0.6 is 23.1 Å². The summed E-state index contributed by atoms with van der Waals surface area (Å²) in [5, 5.41) is 5.78. The number of thiophene rings is 1. The second kappa shape index (κ2) is 9.13. The van der Waals surface area contributed by atoms with Crippen molar-refractivity contribution in [1.29, 1.82) is 0 Å². The monoisotopic (exact) mass is 321 g/mol. The van der Waals surface area contributed by atoms with Crippen molar-refractivity contribution in [2.75, 3.05) is 18.9 Å². The van der Waals surface area contributed by atoms with E-state index in [1.165, 1.54) is 9.77 Å². The van der Waals surface area contributed by atoms with Crippen molar-refractivity contribution in [2.45, 2.75) is 30.5 Å². The van der Waals surface area contributed by atoms with Crippen LogP contribution in [0.5, 0.6) is 5.75 Å². The minimum absolute atomic E-state index is 0.382. The number of thioether (sulfide) groups is 1. The predicted molar refractivity (Wildman–Crippen MR) is 93.7 cm³/mol. The van der Waals surface area contributed by atoms with Gasteiger partial charge in [0.15, 0.2) is 0 Å². The van der Waals surface area contributed by atoms with Gasteiger partial charge in [-0.3, -0.25) is 0 Å². The SMILES string of the molecule is CCCNC(CSc1cccs1)c1ccc(OCC)cc1. The molecule has 1 aromatic carbocycles. The molecule has 0 radical (unpaired) electrons. The second-order valence-electron chi connectivity index (χ2n) is 4.75. The fraction of sp³-hybridized carbons (Fsp3) is 0.412. The molecule has 0 aliphatic carbocycles. The number of nitrogens with one attached hydrogen (secondary N) is 1. The largest absolute Gasteiger partial charge is 0.494 e. The first-order valence-electron chi connectivity index (χ1n) is 7.46. The number of hydrogen-bond donors (Lipinski definition) is 1. The van der Waals surface area contributed by atoms with E-state index < -0.39 is 0 Å². The minimum atomic E-state index is 0.382. The molecule has 2 aromatic rings. The molecule has 114 valence electrons. The van der Waals surface area contributed by atoms with E-state index in [9.17, 15) is 0 Å². The first-order chi connectivity index (χ1) is 10.3. The van der Waals surface area contributed by atoms with Crippen molar-refractivity contribution in [3.8, 4) is 5.75 Å². The van der Waals surface area contributed by atoms with Crippen molar-refractivity contribution in [2.24, 2.45) is 0 Å². The van der Waals surface area contributed by atoms with Crippen LogP contribution in [0.2, 0.25) is 0 Å². The lowest BCUT2D eigenvalue weighted by molar-refractivity contribution is 0.340. The van der Waals surface area contributed by atoms with Gasteiger partial charge in [0, 0.05) is 11.8 Å². The van der Waals surface area contributed by atoms with E-state index in [2.05, 4.69) is 54.0 Å². The third-order valence-electron chi connectivity index (χ3n) is 3.12. The fourth-order valence-electron chi connectivity index (χ4n) is 2.07. The van der Waals surface area contributed by atoms with Crippen molar-refractivity contribution < 1.29 is 4.74 Å². The standard InChI is InChI=1S/C17H23NOS2/c1-3-11-18-16(13-21-17-6-5-12-20-17)14-7-9-15(10-8-14)19-4-2/h5-10,12,16,18H,3-4,11,13H2,1-2H3. The Morgan fingerprint density at radius 2 is 2.00 bits per heavy atom. The maximum Gasteiger partial charge on any atom is 0.119 e. The lowest BCUT2D eigenvalue weighted by Crippen LogP contribution is -2.24. The predicted octanol–water partition coefficient (Wildman–Crippen LogP) is 4.98. The highest BCUT2D eigenvalue weighted by Crippen LogP contribution is 2.28. The molecule has 0 saturated heterocycles. The molecule has 1 N–H and O–H groups in total. The second-order valence-corrected chi connectivity index (χ2v) is 7.02. The summed E-state index contributed by atoms with van der Waals surface area (Å²) in [6.07, 6.45) is 1.15. The average molecular weight is 322 g/mol. The van der Waals surface area contributed by atoms with Crippen LogP contribution < -0.4 is 10.1 Å². The summed E-state index contributed by atoms with van der Waals surface area (Å²) in [7, 11) is 0. The molecule has 0 saturated carbocycles. The maximum absolute atomic E-state index is 5.52. The Morgan fingerprint density at radius 1 is 1.19 bits per heavy atom. The van der Waals surface area contributed by atoms with E-state index in [1.54, 1.807) is 0 Å². The van der Waals surface area contributed by atoms with Gasteiger partial charge in [0.25, 0.3) is 0 Å². The molecule has 0 bridgehead atoms. The van der Waals surface area contributed by atoms with Crippen LogP contribution in [0.3, 0.4) is 0 Å². The molecule has 2 rings (SSSR count). The summed E-state index contributed by atoms with van der Waals surface area (Å²) in [5.74, 6) is 2.00. The molecule has 4 heteroatoms. The zero-order valence-electron chi connectivity index (χ0n) is 12.7. The van der Waals surface area contributed by atoms with Crippen LogP contribution in [-0.2, 0) is 0 Å². The smallest absolute Gasteiger partial charge is 0.119 e. The zero-order valence-corrected chi connectivity index (χ0v) is 14.3. The van der Waals surface area contributed by atoms with Crippen LogP contribution in [0.25, 0.3) is 0 Å². The molecule has 0 amide bonds. The summed E-state index contributed by atoms with van der Waals surface area (Å²) in [6, 6.07) is 13.2. The highest BCUT2D eigenvalue weighted by molar-refractivity contribution is 8.01. The van der Waals surface area contributed by atoms with Gasteiger partial charge in [0.1, 0.15) is 5.75 Å². The van der Waals surface area contributed by atoms with Crippen LogP contribution in [0.1, 0.15) is 31.9 Å². The molecule has 0 spiro atoms. The van der Waals surface area contributed by atoms with Crippen LogP contribution in [-0.4, -0.2) is 18.9 Å². The van der Waals surface area contributed by atoms with E-state index in [0.29, 0.717) is 12.6 Å². The summed E-state index contributed by atoms with van der Waals surface area (Å²) in [6.45, 7) is 5.97. The van der Waals surface area contributed by atoms with Crippen molar-refractivity contribution in [3.05, 3.63) is 47.3 Å². The topological polar surface area (TPSA) is 21.3 Å². The third-order valence-corrected chi connectivity index (χ3v) is 5.35. The Labute approximate surface area is 135 Å². The zero-order chi connectivity index (χ0) is 14.9. The Kier molecular flexibility index (Phi) is 7.13. The average Bonchev–Trinajstić information content (AvgIpc) is 3.02. The first kappa shape index (κ1) is 16.4. The summed E-state index contributed by atoms with van der Waals surface area (Å²) < 4.78 is 6.90. The fourth-order valence-corrected chi connectivity index (χ4v) is 3.97. The van der Waals surface area contributed by atoms with Gasteiger partial charge in [0.05, 0.1) is 10.8 Å². The van der Waals surface area contributed by atoms with Gasteiger partial charge in [-0.15, -0.1) is 23.1 Å². The summed E-state index contributed by atoms with van der Waals surface area (Å²) in [5.41, 5.74) is 1.33. The molecule has 21 heavy (non-hydrogen) atoms. The van der Waals surface area contributed by atoms with Gasteiger partial charge in [-0.1, -0.05) is 25.1 Å². The van der Waals surface area contributed by atoms with Gasteiger partial charge in [-0.25, -0.2) is 0 Å². The van der Waals surface area contributed by atoms with Gasteiger partial charge >= 0.3 is 0 Å².